The smallest absolute Gasteiger partial charge is 0.342 e. The predicted octanol–water partition coefficient (Wildman–Crippen LogP) is 3.25. The second-order valence-electron chi connectivity index (χ2n) is 4.84. The maximum absolute atomic E-state index is 14.3. The number of carboxylic acids is 1. The van der Waals surface area contributed by atoms with Gasteiger partial charge in [-0.15, -0.1) is 11.8 Å². The van der Waals surface area contributed by atoms with Gasteiger partial charge in [-0.1, -0.05) is 0 Å². The van der Waals surface area contributed by atoms with Crippen LogP contribution in [0.25, 0.3) is 5.76 Å². The van der Waals surface area contributed by atoms with Crippen LogP contribution in [-0.2, 0) is 4.79 Å². The monoisotopic (exact) mass is 343 g/mol. The van der Waals surface area contributed by atoms with Crippen LogP contribution < -0.4 is 4.74 Å². The van der Waals surface area contributed by atoms with E-state index in [0.717, 1.165) is 43.8 Å². The lowest BCUT2D eigenvalue weighted by atomic mass is 10.1. The van der Waals surface area contributed by atoms with Gasteiger partial charge in [-0.25, -0.2) is 13.6 Å². The van der Waals surface area contributed by atoms with E-state index in [1.165, 1.54) is 0 Å². The Morgan fingerprint density at radius 2 is 2.00 bits per heavy atom. The number of thioether (sulfide) groups is 1. The van der Waals surface area contributed by atoms with Crippen LogP contribution in [0.1, 0.15) is 18.4 Å². The van der Waals surface area contributed by atoms with E-state index in [0.29, 0.717) is 0 Å². The Hall–Kier alpha value is -2.09. The number of hydrogen-bond acceptors (Lipinski definition) is 5. The molecule has 0 radical (unpaired) electrons. The van der Waals surface area contributed by atoms with Gasteiger partial charge in [0, 0.05) is 0 Å². The van der Waals surface area contributed by atoms with Crippen molar-refractivity contribution in [1.29, 1.82) is 0 Å². The standard InChI is InChI=1S/C15H15F2NO4S/c1-22-13-9(16)6-5-8(11(13)17)12(19)10(15(20)21)14(23-2)18-7-3-4-7/h5-7,19H,3-4H2,1-2H3,(H,20,21). The zero-order valence-corrected chi connectivity index (χ0v) is 13.3. The molecule has 0 saturated heterocycles. The first kappa shape index (κ1) is 17.3. The van der Waals surface area contributed by atoms with Crippen LogP contribution in [-0.4, -0.2) is 40.6 Å². The summed E-state index contributed by atoms with van der Waals surface area (Å²) in [6.45, 7) is 0. The van der Waals surface area contributed by atoms with E-state index in [9.17, 15) is 23.8 Å². The first-order chi connectivity index (χ1) is 10.9. The van der Waals surface area contributed by atoms with Crippen LogP contribution in [0.2, 0.25) is 0 Å². The summed E-state index contributed by atoms with van der Waals surface area (Å²) in [6.07, 6.45) is 3.30. The van der Waals surface area contributed by atoms with Gasteiger partial charge in [0.2, 0.25) is 0 Å². The molecule has 0 aromatic heterocycles. The number of aliphatic hydroxyl groups is 1. The lowest BCUT2D eigenvalue weighted by Gasteiger charge is -2.11. The number of hydrogen-bond donors (Lipinski definition) is 2. The van der Waals surface area contributed by atoms with Gasteiger partial charge >= 0.3 is 5.97 Å². The molecule has 0 atom stereocenters. The Morgan fingerprint density at radius 3 is 2.48 bits per heavy atom. The Balaban J connectivity index is 2.61. The highest BCUT2D eigenvalue weighted by Crippen LogP contribution is 2.32. The van der Waals surface area contributed by atoms with Gasteiger partial charge < -0.3 is 14.9 Å². The Kier molecular flexibility index (Phi) is 5.25. The fourth-order valence-electron chi connectivity index (χ4n) is 1.92. The van der Waals surface area contributed by atoms with Crippen molar-refractivity contribution in [2.45, 2.75) is 18.9 Å². The molecule has 2 N–H and O–H groups in total. The summed E-state index contributed by atoms with van der Waals surface area (Å²) < 4.78 is 32.3. The van der Waals surface area contributed by atoms with Crippen molar-refractivity contribution < 1.29 is 28.5 Å². The number of methoxy groups -OCH3 is 1. The first-order valence-electron chi connectivity index (χ1n) is 6.71. The number of aliphatic hydroxyl groups excluding tert-OH is 1. The normalized spacial score (nSPS) is 16.1. The van der Waals surface area contributed by atoms with Gasteiger partial charge in [-0.2, -0.15) is 0 Å². The maximum atomic E-state index is 14.3. The Morgan fingerprint density at radius 1 is 1.35 bits per heavy atom. The van der Waals surface area contributed by atoms with E-state index in [1.54, 1.807) is 6.26 Å². The molecule has 2 rings (SSSR count). The Labute approximate surface area is 135 Å². The third-order valence-corrected chi connectivity index (χ3v) is 3.91. The summed E-state index contributed by atoms with van der Waals surface area (Å²) >= 11 is 1.04. The van der Waals surface area contributed by atoms with Gasteiger partial charge in [-0.3, -0.25) is 4.99 Å². The first-order valence-corrected chi connectivity index (χ1v) is 7.94. The number of benzene rings is 1. The summed E-state index contributed by atoms with van der Waals surface area (Å²) in [7, 11) is 1.08. The van der Waals surface area contributed by atoms with Gasteiger partial charge in [0.05, 0.1) is 18.7 Å². The molecule has 1 fully saturated rings. The average Bonchev–Trinajstić information content (AvgIpc) is 3.30. The molecule has 1 aromatic carbocycles. The molecular formula is C15H15F2NO4S. The Bertz CT molecular complexity index is 699. The van der Waals surface area contributed by atoms with E-state index < -0.39 is 40.2 Å². The molecule has 5 nitrogen and oxygen atoms in total. The fourth-order valence-corrected chi connectivity index (χ4v) is 2.56. The third kappa shape index (κ3) is 3.64. The number of aliphatic imine (C=N–C) groups is 1. The average molecular weight is 343 g/mol. The van der Waals surface area contributed by atoms with Crippen LogP contribution in [0, 0.1) is 11.6 Å². The molecule has 1 aliphatic rings. The van der Waals surface area contributed by atoms with Crippen molar-refractivity contribution in [3.8, 4) is 5.75 Å². The van der Waals surface area contributed by atoms with Gasteiger partial charge in [-0.05, 0) is 31.2 Å². The highest BCUT2D eigenvalue weighted by atomic mass is 32.2. The molecule has 0 spiro atoms. The summed E-state index contributed by atoms with van der Waals surface area (Å²) in [5.74, 6) is -5.07. The van der Waals surface area contributed by atoms with Crippen LogP contribution in [0.5, 0.6) is 5.75 Å². The highest BCUT2D eigenvalue weighted by molar-refractivity contribution is 8.14. The highest BCUT2D eigenvalue weighted by Gasteiger charge is 2.28. The van der Waals surface area contributed by atoms with E-state index in [-0.39, 0.29) is 11.1 Å². The SMILES string of the molecule is COc1c(F)ccc(C(O)=C(C(=O)O)C(=NC2CC2)SC)c1F. The van der Waals surface area contributed by atoms with Gasteiger partial charge in [0.1, 0.15) is 16.4 Å². The van der Waals surface area contributed by atoms with Crippen LogP contribution in [0.4, 0.5) is 8.78 Å². The second-order valence-corrected chi connectivity index (χ2v) is 5.64. The molecule has 8 heteroatoms. The number of carboxylic acid groups (broad SMARTS) is 1. The van der Waals surface area contributed by atoms with Crippen molar-refractivity contribution in [3.05, 3.63) is 34.9 Å². The molecular weight excluding hydrogens is 328 g/mol. The number of rotatable bonds is 5. The fraction of sp³-hybridized carbons (Fsp3) is 0.333. The van der Waals surface area contributed by atoms with Crippen LogP contribution in [0.3, 0.4) is 0 Å². The molecule has 23 heavy (non-hydrogen) atoms. The second kappa shape index (κ2) is 6.99. The minimum atomic E-state index is -1.45. The van der Waals surface area contributed by atoms with E-state index in [1.807, 2.05) is 0 Å². The predicted molar refractivity (Wildman–Crippen MR) is 84.1 cm³/mol. The molecule has 1 aliphatic carbocycles. The summed E-state index contributed by atoms with van der Waals surface area (Å²) in [6, 6.07) is 1.87. The lowest BCUT2D eigenvalue weighted by Crippen LogP contribution is -2.14. The molecule has 0 amide bonds. The van der Waals surface area contributed by atoms with E-state index in [4.69, 9.17) is 0 Å². The van der Waals surface area contributed by atoms with E-state index >= 15 is 0 Å². The van der Waals surface area contributed by atoms with Gasteiger partial charge in [0.25, 0.3) is 0 Å². The topological polar surface area (TPSA) is 79.1 Å². The van der Waals surface area contributed by atoms with E-state index in [2.05, 4.69) is 9.73 Å². The lowest BCUT2D eigenvalue weighted by molar-refractivity contribution is -0.132. The minimum Gasteiger partial charge on any atom is -0.506 e. The maximum Gasteiger partial charge on any atom is 0.342 e. The molecule has 0 aliphatic heterocycles. The van der Waals surface area contributed by atoms with Crippen molar-refractivity contribution in [2.24, 2.45) is 4.99 Å². The number of aliphatic carboxylic acids is 1. The number of carbonyl (C=O) groups is 1. The molecule has 1 saturated carbocycles. The zero-order chi connectivity index (χ0) is 17.1. The number of ether oxygens (including phenoxy) is 1. The minimum absolute atomic E-state index is 0.0206. The van der Waals surface area contributed by atoms with Crippen molar-refractivity contribution >= 4 is 28.5 Å². The van der Waals surface area contributed by atoms with Crippen molar-refractivity contribution in [2.75, 3.05) is 13.4 Å². The molecule has 0 heterocycles. The quantitative estimate of drug-likeness (QED) is 0.371. The number of nitrogens with zero attached hydrogens (tertiary/aromatic N) is 1. The summed E-state index contributed by atoms with van der Waals surface area (Å²) in [5, 5.41) is 19.7. The zero-order valence-electron chi connectivity index (χ0n) is 12.5. The third-order valence-electron chi connectivity index (χ3n) is 3.21. The number of halogens is 2. The molecule has 124 valence electrons. The molecule has 1 aromatic rings. The summed E-state index contributed by atoms with van der Waals surface area (Å²) in [4.78, 5) is 15.7. The largest absolute Gasteiger partial charge is 0.506 e. The molecule has 0 unspecified atom stereocenters. The van der Waals surface area contributed by atoms with Crippen molar-refractivity contribution in [1.82, 2.24) is 0 Å². The van der Waals surface area contributed by atoms with Crippen LogP contribution >= 0.6 is 11.8 Å². The van der Waals surface area contributed by atoms with Crippen LogP contribution in [0.15, 0.2) is 22.7 Å². The summed E-state index contributed by atoms with van der Waals surface area (Å²) in [5.41, 5.74) is -0.977. The molecule has 0 bridgehead atoms. The van der Waals surface area contributed by atoms with Crippen molar-refractivity contribution in [3.63, 3.8) is 0 Å². The van der Waals surface area contributed by atoms with Gasteiger partial charge in [0.15, 0.2) is 17.4 Å².